The lowest BCUT2D eigenvalue weighted by atomic mass is 9.96. The molecule has 0 unspecified atom stereocenters. The van der Waals surface area contributed by atoms with E-state index in [0.29, 0.717) is 31.2 Å². The molecule has 2 heterocycles. The van der Waals surface area contributed by atoms with Crippen molar-refractivity contribution in [2.75, 3.05) is 13.7 Å². The Morgan fingerprint density at radius 3 is 2.58 bits per heavy atom. The Kier molecular flexibility index (Phi) is 7.56. The van der Waals surface area contributed by atoms with Crippen LogP contribution in [0.5, 0.6) is 11.5 Å². The van der Waals surface area contributed by atoms with Crippen molar-refractivity contribution >= 4 is 35.0 Å². The number of aromatic nitrogens is 1. The summed E-state index contributed by atoms with van der Waals surface area (Å²) in [6.45, 7) is 0.559. The van der Waals surface area contributed by atoms with Gasteiger partial charge in [-0.05, 0) is 55.3 Å². The summed E-state index contributed by atoms with van der Waals surface area (Å²) in [6.07, 6.45) is 1.60. The Hall–Kier alpha value is -3.50. The second kappa shape index (κ2) is 10.6. The molecular weight excluding hydrogens is 514 g/mol. The minimum atomic E-state index is -3.00. The number of hydrogen-bond donors (Lipinski definition) is 0. The number of halogens is 3. The number of carbonyl (C=O) groups is 1. The number of allylic oxidation sites excluding steroid dienone is 1. The lowest BCUT2D eigenvalue weighted by molar-refractivity contribution is -0.139. The van der Waals surface area contributed by atoms with Crippen LogP contribution in [0.25, 0.3) is 6.08 Å². The molecule has 2 aromatic carbocycles. The Labute approximate surface area is 213 Å². The van der Waals surface area contributed by atoms with Crippen molar-refractivity contribution in [3.63, 3.8) is 0 Å². The molecule has 0 fully saturated rings. The van der Waals surface area contributed by atoms with Crippen LogP contribution in [0.15, 0.2) is 63.5 Å². The van der Waals surface area contributed by atoms with Crippen molar-refractivity contribution in [2.24, 2.45) is 4.99 Å². The van der Waals surface area contributed by atoms with E-state index in [1.807, 2.05) is 0 Å². The third-order valence-corrected chi connectivity index (χ3v) is 6.64. The zero-order valence-electron chi connectivity index (χ0n) is 19.5. The zero-order chi connectivity index (χ0) is 26.0. The number of thiazole rings is 1. The minimum absolute atomic E-state index is 0.0938. The number of ether oxygens (including phenoxy) is 3. The molecule has 0 bridgehead atoms. The van der Waals surface area contributed by atoms with E-state index >= 15 is 0 Å². The monoisotopic (exact) mass is 534 g/mol. The highest BCUT2D eigenvalue weighted by molar-refractivity contribution is 7.07. The molecule has 0 saturated heterocycles. The highest BCUT2D eigenvalue weighted by Gasteiger charge is 2.33. The van der Waals surface area contributed by atoms with Crippen molar-refractivity contribution < 1.29 is 27.8 Å². The molecule has 1 aliphatic heterocycles. The average Bonchev–Trinajstić information content (AvgIpc) is 3.13. The van der Waals surface area contributed by atoms with Gasteiger partial charge in [0, 0.05) is 5.02 Å². The van der Waals surface area contributed by atoms with Gasteiger partial charge in [0.1, 0.15) is 0 Å². The second-order valence-electron chi connectivity index (χ2n) is 7.64. The molecular formula is C25H21ClF2N2O5S. The highest BCUT2D eigenvalue weighted by atomic mass is 35.5. The first-order valence-corrected chi connectivity index (χ1v) is 12.0. The van der Waals surface area contributed by atoms with Gasteiger partial charge in [-0.1, -0.05) is 41.1 Å². The molecule has 7 nitrogen and oxygen atoms in total. The molecule has 0 radical (unpaired) electrons. The van der Waals surface area contributed by atoms with Crippen LogP contribution in [0.2, 0.25) is 5.02 Å². The Morgan fingerprint density at radius 2 is 1.94 bits per heavy atom. The number of hydrogen-bond acceptors (Lipinski definition) is 7. The summed E-state index contributed by atoms with van der Waals surface area (Å²) in [7, 11) is 1.33. The van der Waals surface area contributed by atoms with Crippen LogP contribution >= 0.6 is 22.9 Å². The van der Waals surface area contributed by atoms with Crippen LogP contribution in [-0.4, -0.2) is 30.9 Å². The summed E-state index contributed by atoms with van der Waals surface area (Å²) in [6, 6.07) is 10.4. The first kappa shape index (κ1) is 25.6. The van der Waals surface area contributed by atoms with Gasteiger partial charge < -0.3 is 14.2 Å². The minimum Gasteiger partial charge on any atom is -0.493 e. The maximum Gasteiger partial charge on any atom is 0.387 e. The van der Waals surface area contributed by atoms with E-state index in [-0.39, 0.29) is 29.2 Å². The fourth-order valence-electron chi connectivity index (χ4n) is 3.87. The van der Waals surface area contributed by atoms with Gasteiger partial charge in [0.25, 0.3) is 5.56 Å². The first-order chi connectivity index (χ1) is 17.2. The number of carbonyl (C=O) groups excluding carboxylic acids is 1. The number of benzene rings is 2. The first-order valence-electron chi connectivity index (χ1n) is 10.8. The maximum absolute atomic E-state index is 13.6. The van der Waals surface area contributed by atoms with Gasteiger partial charge in [-0.2, -0.15) is 8.78 Å². The Bertz CT molecular complexity index is 1510. The third kappa shape index (κ3) is 5.05. The smallest absolute Gasteiger partial charge is 0.387 e. The number of nitrogens with zero attached hydrogens (tertiary/aromatic N) is 2. The fraction of sp³-hybridized carbons (Fsp3) is 0.240. The van der Waals surface area contributed by atoms with Gasteiger partial charge in [0.15, 0.2) is 16.3 Å². The number of esters is 1. The highest BCUT2D eigenvalue weighted by Crippen LogP contribution is 2.32. The summed E-state index contributed by atoms with van der Waals surface area (Å²) in [5.41, 5.74) is 1.52. The van der Waals surface area contributed by atoms with Crippen LogP contribution in [0.4, 0.5) is 8.78 Å². The molecule has 0 amide bonds. The van der Waals surface area contributed by atoms with Crippen molar-refractivity contribution in [3.05, 3.63) is 89.6 Å². The van der Waals surface area contributed by atoms with Gasteiger partial charge in [0.2, 0.25) is 0 Å². The van der Waals surface area contributed by atoms with Crippen molar-refractivity contribution in [1.82, 2.24) is 4.57 Å². The van der Waals surface area contributed by atoms with Crippen molar-refractivity contribution in [1.29, 1.82) is 0 Å². The summed E-state index contributed by atoms with van der Waals surface area (Å²) in [4.78, 5) is 31.4. The zero-order valence-corrected chi connectivity index (χ0v) is 21.0. The van der Waals surface area contributed by atoms with Crippen LogP contribution in [-0.2, 0) is 9.53 Å². The van der Waals surface area contributed by atoms with E-state index in [1.54, 1.807) is 44.2 Å². The topological polar surface area (TPSA) is 79.1 Å². The van der Waals surface area contributed by atoms with Crippen LogP contribution in [0.1, 0.15) is 31.0 Å². The van der Waals surface area contributed by atoms with Gasteiger partial charge >= 0.3 is 12.6 Å². The Balaban J connectivity index is 1.88. The standard InChI is InChI=1S/C25H21ClF2N2O5S/c1-4-34-23(32)20-13(2)29-25-30(21(20)15-6-8-16(26)9-7-15)22(31)19(36-25)12-14-5-10-17(35-24(27)28)18(11-14)33-3/h5-12,21,24H,4H2,1-3H3/b19-12+/t21-/m0/s1. The predicted molar refractivity (Wildman–Crippen MR) is 131 cm³/mol. The lowest BCUT2D eigenvalue weighted by Gasteiger charge is -2.24. The predicted octanol–water partition coefficient (Wildman–Crippen LogP) is 4.06. The average molecular weight is 535 g/mol. The molecule has 1 atom stereocenters. The van der Waals surface area contributed by atoms with E-state index in [2.05, 4.69) is 9.73 Å². The largest absolute Gasteiger partial charge is 0.493 e. The maximum atomic E-state index is 13.6. The number of alkyl halides is 2. The molecule has 1 aromatic heterocycles. The summed E-state index contributed by atoms with van der Waals surface area (Å²) >= 11 is 7.20. The van der Waals surface area contributed by atoms with Gasteiger partial charge in [0.05, 0.1) is 35.6 Å². The van der Waals surface area contributed by atoms with Crippen LogP contribution < -0.4 is 24.4 Å². The number of rotatable bonds is 7. The summed E-state index contributed by atoms with van der Waals surface area (Å²) in [5, 5.41) is 0.512. The normalized spacial score (nSPS) is 15.5. The molecule has 36 heavy (non-hydrogen) atoms. The third-order valence-electron chi connectivity index (χ3n) is 5.40. The van der Waals surface area contributed by atoms with Crippen LogP contribution in [0.3, 0.4) is 0 Å². The molecule has 0 saturated carbocycles. The number of methoxy groups -OCH3 is 1. The Morgan fingerprint density at radius 1 is 1.22 bits per heavy atom. The van der Waals surface area contributed by atoms with E-state index in [9.17, 15) is 18.4 Å². The number of fused-ring (bicyclic) bond motifs is 1. The molecule has 3 aromatic rings. The molecule has 1 aliphatic rings. The van der Waals surface area contributed by atoms with E-state index < -0.39 is 18.6 Å². The molecule has 0 aliphatic carbocycles. The molecule has 0 N–H and O–H groups in total. The lowest BCUT2D eigenvalue weighted by Crippen LogP contribution is -2.39. The van der Waals surface area contributed by atoms with Crippen molar-refractivity contribution in [2.45, 2.75) is 26.5 Å². The quantitative estimate of drug-likeness (QED) is 0.427. The summed E-state index contributed by atoms with van der Waals surface area (Å²) < 4.78 is 42.0. The molecule has 4 rings (SSSR count). The van der Waals surface area contributed by atoms with Gasteiger partial charge in [-0.3, -0.25) is 9.36 Å². The van der Waals surface area contributed by atoms with Crippen LogP contribution in [0, 0.1) is 0 Å². The fourth-order valence-corrected chi connectivity index (χ4v) is 5.04. The summed E-state index contributed by atoms with van der Waals surface area (Å²) in [5.74, 6) is -0.591. The van der Waals surface area contributed by atoms with Crippen molar-refractivity contribution in [3.8, 4) is 11.5 Å². The SMILES string of the molecule is CCOC(=O)C1=C(C)N=c2s/c(=C/c3ccc(OC(F)F)c(OC)c3)c(=O)n2[C@H]1c1ccc(Cl)cc1. The molecule has 188 valence electrons. The van der Waals surface area contributed by atoms with Gasteiger partial charge in [-0.25, -0.2) is 9.79 Å². The van der Waals surface area contributed by atoms with E-state index in [4.69, 9.17) is 21.1 Å². The molecule has 11 heteroatoms. The molecule has 0 spiro atoms. The van der Waals surface area contributed by atoms with E-state index in [1.165, 1.54) is 29.9 Å². The van der Waals surface area contributed by atoms with E-state index in [0.717, 1.165) is 11.3 Å². The second-order valence-corrected chi connectivity index (χ2v) is 9.09. The van der Waals surface area contributed by atoms with Gasteiger partial charge in [-0.15, -0.1) is 0 Å².